The van der Waals surface area contributed by atoms with Gasteiger partial charge < -0.3 is 10.1 Å². The number of anilines is 1. The molecule has 0 saturated heterocycles. The van der Waals surface area contributed by atoms with Crippen LogP contribution in [-0.2, 0) is 10.5 Å². The number of fused-ring (bicyclic) bond motifs is 3. The van der Waals surface area contributed by atoms with Crippen molar-refractivity contribution in [1.29, 1.82) is 0 Å². The number of benzene rings is 2. The summed E-state index contributed by atoms with van der Waals surface area (Å²) in [5, 5.41) is 2.79. The van der Waals surface area contributed by atoms with Crippen LogP contribution in [0.3, 0.4) is 0 Å². The molecule has 2 aromatic carbocycles. The van der Waals surface area contributed by atoms with Crippen molar-refractivity contribution in [3.05, 3.63) is 59.7 Å². The van der Waals surface area contributed by atoms with Crippen molar-refractivity contribution >= 4 is 17.5 Å². The summed E-state index contributed by atoms with van der Waals surface area (Å²) in [6, 6.07) is 14.3. The van der Waals surface area contributed by atoms with Crippen LogP contribution in [0.5, 0.6) is 5.75 Å². The molecule has 1 unspecified atom stereocenters. The largest absolute Gasteiger partial charge is 0.453 e. The number of hydrogen-bond donors (Lipinski definition) is 1. The predicted molar refractivity (Wildman–Crippen MR) is 88.7 cm³/mol. The third kappa shape index (κ3) is 1.93. The quantitative estimate of drug-likeness (QED) is 0.910. The monoisotopic (exact) mass is 323 g/mol. The molecular weight excluding hydrogens is 306 g/mol. The van der Waals surface area contributed by atoms with Crippen LogP contribution >= 0.6 is 0 Å². The Bertz CT molecular complexity index is 849. The Labute approximate surface area is 139 Å². The Morgan fingerprint density at radius 2 is 1.79 bits per heavy atom. The minimum Gasteiger partial charge on any atom is -0.453 e. The van der Waals surface area contributed by atoms with E-state index in [2.05, 4.69) is 5.32 Å². The second-order valence-corrected chi connectivity index (χ2v) is 6.20. The number of amides is 2. The van der Waals surface area contributed by atoms with Crippen molar-refractivity contribution in [2.24, 2.45) is 0 Å². The van der Waals surface area contributed by atoms with Crippen LogP contribution in [0, 0.1) is 0 Å². The predicted octanol–water partition coefficient (Wildman–Crippen LogP) is 1.53. The lowest BCUT2D eigenvalue weighted by Gasteiger charge is -2.35. The highest BCUT2D eigenvalue weighted by molar-refractivity contribution is 6.11. The Morgan fingerprint density at radius 3 is 2.58 bits per heavy atom. The summed E-state index contributed by atoms with van der Waals surface area (Å²) in [7, 11) is 3.77. The smallest absolute Gasteiger partial charge is 0.299 e. The molecule has 0 aromatic heterocycles. The summed E-state index contributed by atoms with van der Waals surface area (Å²) in [5.41, 5.74) is 0.327. The van der Waals surface area contributed by atoms with Gasteiger partial charge in [-0.1, -0.05) is 30.3 Å². The van der Waals surface area contributed by atoms with E-state index in [1.54, 1.807) is 29.2 Å². The van der Waals surface area contributed by atoms with Gasteiger partial charge in [0.05, 0.1) is 23.5 Å². The van der Waals surface area contributed by atoms with Crippen LogP contribution in [0.2, 0.25) is 0 Å². The molecule has 4 rings (SSSR count). The van der Waals surface area contributed by atoms with E-state index >= 15 is 0 Å². The lowest BCUT2D eigenvalue weighted by molar-refractivity contribution is -0.136. The number of hydrogen-bond acceptors (Lipinski definition) is 4. The van der Waals surface area contributed by atoms with Gasteiger partial charge in [0.25, 0.3) is 17.5 Å². The molecule has 1 atom stereocenters. The third-order valence-corrected chi connectivity index (χ3v) is 4.23. The average molecular weight is 323 g/mol. The molecule has 6 heteroatoms. The van der Waals surface area contributed by atoms with E-state index in [0.717, 1.165) is 5.69 Å². The molecule has 2 aromatic rings. The molecule has 0 bridgehead atoms. The number of carbonyl (C=O) groups is 2. The molecule has 0 radical (unpaired) electrons. The molecule has 24 heavy (non-hydrogen) atoms. The Kier molecular flexibility index (Phi) is 3.11. The van der Waals surface area contributed by atoms with Crippen LogP contribution in [0.1, 0.15) is 15.9 Å². The summed E-state index contributed by atoms with van der Waals surface area (Å²) in [6.07, 6.45) is 0. The maximum Gasteiger partial charge on any atom is 0.299 e. The van der Waals surface area contributed by atoms with Gasteiger partial charge >= 0.3 is 0 Å². The van der Waals surface area contributed by atoms with Gasteiger partial charge in [0.1, 0.15) is 5.75 Å². The van der Waals surface area contributed by atoms with Gasteiger partial charge in [0, 0.05) is 0 Å². The second kappa shape index (κ2) is 5.07. The maximum absolute atomic E-state index is 13.2. The molecule has 6 nitrogen and oxygen atoms in total. The molecule has 1 spiro atoms. The number of rotatable bonds is 2. The summed E-state index contributed by atoms with van der Waals surface area (Å²) in [5.74, 6) is -0.192. The third-order valence-electron chi connectivity index (χ3n) is 4.23. The minimum absolute atomic E-state index is 0.291. The van der Waals surface area contributed by atoms with Gasteiger partial charge in [-0.2, -0.15) is 0 Å². The summed E-state index contributed by atoms with van der Waals surface area (Å²) in [6.45, 7) is 0.401. The molecule has 2 aliphatic rings. The number of carbonyl (C=O) groups excluding carboxylic acids is 2. The fourth-order valence-corrected chi connectivity index (χ4v) is 3.22. The van der Waals surface area contributed by atoms with Crippen LogP contribution < -0.4 is 15.0 Å². The molecule has 2 heterocycles. The van der Waals surface area contributed by atoms with E-state index in [9.17, 15) is 9.59 Å². The van der Waals surface area contributed by atoms with Crippen LogP contribution in [0.15, 0.2) is 48.5 Å². The van der Waals surface area contributed by atoms with Crippen molar-refractivity contribution in [3.63, 3.8) is 0 Å². The van der Waals surface area contributed by atoms with Gasteiger partial charge in [-0.15, -0.1) is 0 Å². The van der Waals surface area contributed by atoms with E-state index in [1.807, 2.05) is 43.3 Å². The van der Waals surface area contributed by atoms with Crippen molar-refractivity contribution in [1.82, 2.24) is 10.2 Å². The Hall–Kier alpha value is -2.86. The highest BCUT2D eigenvalue weighted by Crippen LogP contribution is 2.44. The van der Waals surface area contributed by atoms with Gasteiger partial charge in [-0.25, -0.2) is 0 Å². The average Bonchev–Trinajstić information content (AvgIpc) is 2.78. The van der Waals surface area contributed by atoms with Crippen LogP contribution in [0.25, 0.3) is 0 Å². The standard InChI is InChI=1S/C18H17N3O3/c1-20(2)11-21-14-9-5-4-8-13(14)18(17(21)23)19-16(22)12-7-3-6-10-15(12)24-18/h3-10H,11H2,1-2H3,(H,19,22). The number of nitrogens with zero attached hydrogens (tertiary/aromatic N) is 2. The summed E-state index contributed by atoms with van der Waals surface area (Å²) < 4.78 is 6.06. The fraction of sp³-hybridized carbons (Fsp3) is 0.222. The van der Waals surface area contributed by atoms with E-state index < -0.39 is 5.72 Å². The number of para-hydroxylation sites is 2. The summed E-state index contributed by atoms with van der Waals surface area (Å²) in [4.78, 5) is 29.3. The molecule has 122 valence electrons. The maximum atomic E-state index is 13.2. The first-order valence-electron chi connectivity index (χ1n) is 7.70. The van der Waals surface area contributed by atoms with Gasteiger partial charge in [-0.3, -0.25) is 19.4 Å². The molecule has 0 aliphatic carbocycles. The molecular formula is C18H17N3O3. The zero-order chi connectivity index (χ0) is 16.9. The van der Waals surface area contributed by atoms with Crippen molar-refractivity contribution in [2.45, 2.75) is 5.72 Å². The van der Waals surface area contributed by atoms with E-state index in [-0.39, 0.29) is 11.8 Å². The van der Waals surface area contributed by atoms with Crippen molar-refractivity contribution < 1.29 is 14.3 Å². The first-order valence-corrected chi connectivity index (χ1v) is 7.70. The van der Waals surface area contributed by atoms with E-state index in [4.69, 9.17) is 4.74 Å². The Balaban J connectivity index is 1.87. The lowest BCUT2D eigenvalue weighted by atomic mass is 10.0. The van der Waals surface area contributed by atoms with E-state index in [0.29, 0.717) is 23.5 Å². The molecule has 2 amide bonds. The Morgan fingerprint density at radius 1 is 1.08 bits per heavy atom. The van der Waals surface area contributed by atoms with E-state index in [1.165, 1.54) is 0 Å². The highest BCUT2D eigenvalue weighted by atomic mass is 16.5. The van der Waals surface area contributed by atoms with Gasteiger partial charge in [-0.05, 0) is 32.3 Å². The second-order valence-electron chi connectivity index (χ2n) is 6.20. The first-order chi connectivity index (χ1) is 11.5. The van der Waals surface area contributed by atoms with Crippen LogP contribution in [-0.4, -0.2) is 37.5 Å². The minimum atomic E-state index is -1.50. The van der Waals surface area contributed by atoms with Gasteiger partial charge in [0.15, 0.2) is 0 Å². The van der Waals surface area contributed by atoms with Gasteiger partial charge in [0.2, 0.25) is 0 Å². The van der Waals surface area contributed by atoms with Crippen molar-refractivity contribution in [3.8, 4) is 5.75 Å². The molecule has 0 saturated carbocycles. The molecule has 0 fully saturated rings. The highest BCUT2D eigenvalue weighted by Gasteiger charge is 2.56. The lowest BCUT2D eigenvalue weighted by Crippen LogP contribution is -2.59. The number of nitrogens with one attached hydrogen (secondary N) is 1. The zero-order valence-electron chi connectivity index (χ0n) is 13.4. The SMILES string of the molecule is CN(C)CN1C(=O)C2(NC(=O)c3ccccc3O2)c2ccccc21. The molecule has 2 aliphatic heterocycles. The summed E-state index contributed by atoms with van der Waals surface area (Å²) >= 11 is 0. The normalized spacial score (nSPS) is 21.5. The fourth-order valence-electron chi connectivity index (χ4n) is 3.22. The van der Waals surface area contributed by atoms with Crippen molar-refractivity contribution in [2.75, 3.05) is 25.7 Å². The number of ether oxygens (including phenoxy) is 1. The molecule has 1 N–H and O–H groups in total. The first kappa shape index (κ1) is 14.7. The zero-order valence-corrected chi connectivity index (χ0v) is 13.4. The van der Waals surface area contributed by atoms with Crippen LogP contribution in [0.4, 0.5) is 5.69 Å². The topological polar surface area (TPSA) is 61.9 Å².